The van der Waals surface area contributed by atoms with E-state index in [1.807, 2.05) is 24.7 Å². The SMILES string of the molecule is c1ccc(-n2c3cc4c(cc3c3c2ccc2c5ccccc5n(-c5ccccc5)c23)c2cccnc2c2nccn42)cc1. The second-order valence-electron chi connectivity index (χ2n) is 11.1. The third kappa shape index (κ3) is 2.95. The van der Waals surface area contributed by atoms with Crippen molar-refractivity contribution in [1.29, 1.82) is 0 Å². The minimum atomic E-state index is 0.872. The van der Waals surface area contributed by atoms with Gasteiger partial charge in [0.05, 0.1) is 27.6 Å². The highest BCUT2D eigenvalue weighted by Gasteiger charge is 2.22. The van der Waals surface area contributed by atoms with Gasteiger partial charge in [-0.25, -0.2) is 4.98 Å². The van der Waals surface area contributed by atoms with Gasteiger partial charge in [-0.3, -0.25) is 9.38 Å². The highest BCUT2D eigenvalue weighted by molar-refractivity contribution is 6.28. The minimum absolute atomic E-state index is 0.872. The number of hydrogen-bond acceptors (Lipinski definition) is 2. The topological polar surface area (TPSA) is 40.0 Å². The van der Waals surface area contributed by atoms with Crippen molar-refractivity contribution in [1.82, 2.24) is 23.5 Å². The normalized spacial score (nSPS) is 12.2. The van der Waals surface area contributed by atoms with Gasteiger partial charge in [0.1, 0.15) is 5.52 Å². The van der Waals surface area contributed by atoms with E-state index in [1.165, 1.54) is 38.1 Å². The maximum atomic E-state index is 4.77. The van der Waals surface area contributed by atoms with E-state index in [0.29, 0.717) is 0 Å². The molecule has 0 spiro atoms. The van der Waals surface area contributed by atoms with Gasteiger partial charge in [0.2, 0.25) is 0 Å². The molecule has 5 heterocycles. The van der Waals surface area contributed by atoms with E-state index in [0.717, 1.165) is 44.3 Å². The highest BCUT2D eigenvalue weighted by Crippen LogP contribution is 2.43. The first-order chi connectivity index (χ1) is 21.4. The predicted octanol–water partition coefficient (Wildman–Crippen LogP) is 9.23. The zero-order chi connectivity index (χ0) is 28.1. The lowest BCUT2D eigenvalue weighted by atomic mass is 10.0. The molecule has 0 atom stereocenters. The van der Waals surface area contributed by atoms with Crippen LogP contribution in [-0.2, 0) is 0 Å². The maximum absolute atomic E-state index is 4.77. The lowest BCUT2D eigenvalue weighted by Crippen LogP contribution is -1.95. The first-order valence-electron chi connectivity index (χ1n) is 14.5. The summed E-state index contributed by atoms with van der Waals surface area (Å²) in [7, 11) is 0. The number of fused-ring (bicyclic) bond motifs is 13. The van der Waals surface area contributed by atoms with E-state index in [4.69, 9.17) is 9.97 Å². The number of nitrogens with zero attached hydrogens (tertiary/aromatic N) is 5. The van der Waals surface area contributed by atoms with Crippen molar-refractivity contribution >= 4 is 71.1 Å². The number of para-hydroxylation sites is 3. The molecule has 200 valence electrons. The van der Waals surface area contributed by atoms with Crippen molar-refractivity contribution in [3.8, 4) is 11.4 Å². The molecule has 0 radical (unpaired) electrons. The van der Waals surface area contributed by atoms with Gasteiger partial charge in [-0.15, -0.1) is 0 Å². The predicted molar refractivity (Wildman–Crippen MR) is 177 cm³/mol. The van der Waals surface area contributed by atoms with Gasteiger partial charge in [0.25, 0.3) is 0 Å². The van der Waals surface area contributed by atoms with E-state index >= 15 is 0 Å². The van der Waals surface area contributed by atoms with E-state index in [-0.39, 0.29) is 0 Å². The van der Waals surface area contributed by atoms with Crippen LogP contribution in [-0.4, -0.2) is 23.5 Å². The molecule has 43 heavy (non-hydrogen) atoms. The summed E-state index contributed by atoms with van der Waals surface area (Å²) in [4.78, 5) is 9.47. The number of hydrogen-bond donors (Lipinski definition) is 0. The molecular formula is C38H23N5. The van der Waals surface area contributed by atoms with Gasteiger partial charge < -0.3 is 9.13 Å². The molecule has 0 N–H and O–H groups in total. The summed E-state index contributed by atoms with van der Waals surface area (Å²) in [5.74, 6) is 0. The number of imidazole rings is 1. The molecule has 0 aliphatic heterocycles. The van der Waals surface area contributed by atoms with Crippen LogP contribution in [0.25, 0.3) is 82.4 Å². The highest BCUT2D eigenvalue weighted by atomic mass is 15.0. The standard InChI is InChI=1S/C38H23N5/c1-3-10-24(11-4-1)42-32-18-17-28-26-14-7-8-16-31(26)43(25-12-5-2-6-13-25)37(28)35(32)30-22-29-27-15-9-19-39-36(27)38-40-20-21-41(38)33(29)23-34(30)42/h1-23H. The second kappa shape index (κ2) is 8.30. The van der Waals surface area contributed by atoms with Gasteiger partial charge >= 0.3 is 0 Å². The summed E-state index contributed by atoms with van der Waals surface area (Å²) in [6, 6.07) is 43.6. The van der Waals surface area contributed by atoms with E-state index in [9.17, 15) is 0 Å². The molecule has 5 aromatic heterocycles. The Morgan fingerprint density at radius 1 is 0.442 bits per heavy atom. The van der Waals surface area contributed by atoms with E-state index < -0.39 is 0 Å². The number of benzene rings is 5. The molecule has 10 aromatic rings. The number of aromatic nitrogens is 5. The van der Waals surface area contributed by atoms with Crippen LogP contribution in [0.15, 0.2) is 140 Å². The van der Waals surface area contributed by atoms with Crippen LogP contribution in [0.5, 0.6) is 0 Å². The Morgan fingerprint density at radius 2 is 1.19 bits per heavy atom. The largest absolute Gasteiger partial charge is 0.309 e. The Kier molecular flexibility index (Phi) is 4.39. The van der Waals surface area contributed by atoms with Crippen LogP contribution in [0.2, 0.25) is 0 Å². The minimum Gasteiger partial charge on any atom is -0.309 e. The lowest BCUT2D eigenvalue weighted by molar-refractivity contribution is 1.17. The molecule has 5 aromatic carbocycles. The first kappa shape index (κ1) is 22.7. The molecule has 0 fully saturated rings. The average Bonchev–Trinajstić information content (AvgIpc) is 3.78. The Hall–Kier alpha value is -5.94. The van der Waals surface area contributed by atoms with Crippen molar-refractivity contribution in [2.45, 2.75) is 0 Å². The van der Waals surface area contributed by atoms with Gasteiger partial charge in [0, 0.05) is 62.3 Å². The summed E-state index contributed by atoms with van der Waals surface area (Å²) in [5.41, 5.74) is 9.93. The molecule has 0 bridgehead atoms. The van der Waals surface area contributed by atoms with Crippen LogP contribution < -0.4 is 0 Å². The summed E-state index contributed by atoms with van der Waals surface area (Å²) >= 11 is 0. The smallest absolute Gasteiger partial charge is 0.163 e. The first-order valence-corrected chi connectivity index (χ1v) is 14.5. The van der Waals surface area contributed by atoms with Crippen LogP contribution in [0.1, 0.15) is 0 Å². The molecule has 0 unspecified atom stereocenters. The lowest BCUT2D eigenvalue weighted by Gasteiger charge is -2.10. The van der Waals surface area contributed by atoms with Crippen molar-refractivity contribution in [2.75, 3.05) is 0 Å². The molecule has 5 nitrogen and oxygen atoms in total. The van der Waals surface area contributed by atoms with Gasteiger partial charge in [0.15, 0.2) is 5.65 Å². The number of rotatable bonds is 2. The molecule has 0 aliphatic carbocycles. The molecule has 0 saturated heterocycles. The van der Waals surface area contributed by atoms with Gasteiger partial charge in [-0.05, 0) is 54.6 Å². The Balaban J connectivity index is 1.51. The molecule has 0 amide bonds. The fraction of sp³-hybridized carbons (Fsp3) is 0. The zero-order valence-corrected chi connectivity index (χ0v) is 23.0. The van der Waals surface area contributed by atoms with Crippen molar-refractivity contribution in [3.05, 3.63) is 140 Å². The third-order valence-corrected chi connectivity index (χ3v) is 8.92. The average molecular weight is 550 g/mol. The summed E-state index contributed by atoms with van der Waals surface area (Å²) in [6.07, 6.45) is 5.75. The van der Waals surface area contributed by atoms with E-state index in [2.05, 4.69) is 129 Å². The summed E-state index contributed by atoms with van der Waals surface area (Å²) in [5, 5.41) is 7.21. The fourth-order valence-corrected chi connectivity index (χ4v) is 7.18. The van der Waals surface area contributed by atoms with Crippen LogP contribution >= 0.6 is 0 Å². The summed E-state index contributed by atoms with van der Waals surface area (Å²) in [6.45, 7) is 0. The van der Waals surface area contributed by atoms with E-state index in [1.54, 1.807) is 0 Å². The fourth-order valence-electron chi connectivity index (χ4n) is 7.18. The maximum Gasteiger partial charge on any atom is 0.163 e. The molecular weight excluding hydrogens is 526 g/mol. The van der Waals surface area contributed by atoms with Crippen molar-refractivity contribution < 1.29 is 0 Å². The van der Waals surface area contributed by atoms with Crippen molar-refractivity contribution in [3.63, 3.8) is 0 Å². The number of pyridine rings is 2. The zero-order valence-electron chi connectivity index (χ0n) is 23.0. The molecule has 0 saturated carbocycles. The second-order valence-corrected chi connectivity index (χ2v) is 11.1. The third-order valence-electron chi connectivity index (χ3n) is 8.92. The molecule has 10 rings (SSSR count). The Labute approximate surface area is 245 Å². The van der Waals surface area contributed by atoms with Gasteiger partial charge in [-0.1, -0.05) is 66.7 Å². The van der Waals surface area contributed by atoms with Gasteiger partial charge in [-0.2, -0.15) is 0 Å². The Morgan fingerprint density at radius 3 is 2.02 bits per heavy atom. The van der Waals surface area contributed by atoms with Crippen LogP contribution in [0, 0.1) is 0 Å². The van der Waals surface area contributed by atoms with Crippen LogP contribution in [0.4, 0.5) is 0 Å². The Bertz CT molecular complexity index is 2710. The summed E-state index contributed by atoms with van der Waals surface area (Å²) < 4.78 is 7.02. The molecule has 5 heteroatoms. The van der Waals surface area contributed by atoms with Crippen molar-refractivity contribution in [2.24, 2.45) is 0 Å². The van der Waals surface area contributed by atoms with Crippen LogP contribution in [0.3, 0.4) is 0 Å². The molecule has 0 aliphatic rings. The monoisotopic (exact) mass is 549 g/mol. The quantitative estimate of drug-likeness (QED) is 0.202.